The lowest BCUT2D eigenvalue weighted by atomic mass is 10.3. The van der Waals surface area contributed by atoms with E-state index >= 15 is 0 Å². The number of unbranched alkanes of at least 4 members (excludes halogenated alkanes) is 1. The normalized spacial score (nSPS) is 10.6. The molecule has 0 saturated carbocycles. The van der Waals surface area contributed by atoms with Crippen molar-refractivity contribution >= 4 is 17.2 Å². The Bertz CT molecular complexity index is 516. The lowest BCUT2D eigenvalue weighted by molar-refractivity contribution is 0.0947. The Morgan fingerprint density at radius 3 is 3.06 bits per heavy atom. The molecule has 18 heavy (non-hydrogen) atoms. The van der Waals surface area contributed by atoms with Gasteiger partial charge in [-0.05, 0) is 23.9 Å². The van der Waals surface area contributed by atoms with Crippen LogP contribution in [0, 0.1) is 0 Å². The van der Waals surface area contributed by atoms with Gasteiger partial charge in [-0.3, -0.25) is 9.48 Å². The number of thiophene rings is 1. The molecule has 96 valence electrons. The van der Waals surface area contributed by atoms with E-state index < -0.39 is 0 Å². The van der Waals surface area contributed by atoms with Crippen LogP contribution in [-0.4, -0.2) is 22.2 Å². The van der Waals surface area contributed by atoms with E-state index in [1.165, 1.54) is 0 Å². The number of nitrogens with one attached hydrogen (secondary N) is 1. The highest BCUT2D eigenvalue weighted by Gasteiger charge is 2.13. The number of amides is 1. The van der Waals surface area contributed by atoms with Gasteiger partial charge in [0.25, 0.3) is 5.91 Å². The third kappa shape index (κ3) is 2.79. The maximum atomic E-state index is 11.9. The molecule has 0 saturated heterocycles. The van der Waals surface area contributed by atoms with Crippen molar-refractivity contribution < 1.29 is 4.79 Å². The molecule has 2 heterocycles. The highest BCUT2D eigenvalue weighted by Crippen LogP contribution is 2.24. The van der Waals surface area contributed by atoms with Crippen molar-refractivity contribution in [1.82, 2.24) is 15.1 Å². The zero-order valence-corrected chi connectivity index (χ0v) is 11.5. The molecule has 2 aromatic heterocycles. The number of carbonyl (C=O) groups excluding carboxylic acids is 1. The summed E-state index contributed by atoms with van der Waals surface area (Å²) in [6.45, 7) is 2.81. The number of aromatic nitrogens is 2. The molecule has 0 aliphatic carbocycles. The van der Waals surface area contributed by atoms with Crippen molar-refractivity contribution in [2.45, 2.75) is 19.8 Å². The summed E-state index contributed by atoms with van der Waals surface area (Å²) in [5.74, 6) is -0.0955. The summed E-state index contributed by atoms with van der Waals surface area (Å²) in [4.78, 5) is 13.0. The monoisotopic (exact) mass is 263 g/mol. The van der Waals surface area contributed by atoms with Crippen LogP contribution in [0.5, 0.6) is 0 Å². The van der Waals surface area contributed by atoms with Crippen molar-refractivity contribution in [3.63, 3.8) is 0 Å². The second-order valence-electron chi connectivity index (χ2n) is 4.13. The van der Waals surface area contributed by atoms with E-state index in [0.29, 0.717) is 12.2 Å². The Labute approximate surface area is 111 Å². The average Bonchev–Trinajstić information content (AvgIpc) is 2.97. The fourth-order valence-corrected chi connectivity index (χ4v) is 2.48. The Morgan fingerprint density at radius 2 is 2.39 bits per heavy atom. The van der Waals surface area contributed by atoms with Crippen LogP contribution in [0.15, 0.2) is 23.6 Å². The molecular formula is C13H17N3OS. The molecule has 2 aromatic rings. The van der Waals surface area contributed by atoms with Gasteiger partial charge in [0, 0.05) is 13.6 Å². The van der Waals surface area contributed by atoms with Crippen LogP contribution < -0.4 is 5.32 Å². The summed E-state index contributed by atoms with van der Waals surface area (Å²) in [5.41, 5.74) is 1.46. The summed E-state index contributed by atoms with van der Waals surface area (Å²) in [6.07, 6.45) is 2.07. The number of hydrogen-bond donors (Lipinski definition) is 1. The van der Waals surface area contributed by atoms with Gasteiger partial charge in [0.05, 0.1) is 10.6 Å². The minimum absolute atomic E-state index is 0.0955. The second kappa shape index (κ2) is 5.82. The first kappa shape index (κ1) is 12.8. The Morgan fingerprint density at radius 1 is 1.56 bits per heavy atom. The zero-order valence-electron chi connectivity index (χ0n) is 10.6. The SMILES string of the molecule is CCCCNC(=O)c1cc(-c2cccs2)n(C)n1. The van der Waals surface area contributed by atoms with Crippen LogP contribution in [0.3, 0.4) is 0 Å². The number of hydrogen-bond acceptors (Lipinski definition) is 3. The van der Waals surface area contributed by atoms with Crippen molar-refractivity contribution in [3.05, 3.63) is 29.3 Å². The summed E-state index contributed by atoms with van der Waals surface area (Å²) in [6, 6.07) is 5.86. The third-order valence-electron chi connectivity index (χ3n) is 2.70. The molecule has 0 unspecified atom stereocenters. The van der Waals surface area contributed by atoms with Gasteiger partial charge < -0.3 is 5.32 Å². The van der Waals surface area contributed by atoms with Gasteiger partial charge in [-0.1, -0.05) is 19.4 Å². The number of rotatable bonds is 5. The molecule has 0 aliphatic heterocycles. The molecule has 0 bridgehead atoms. The van der Waals surface area contributed by atoms with E-state index in [-0.39, 0.29) is 5.91 Å². The fraction of sp³-hybridized carbons (Fsp3) is 0.385. The lowest BCUT2D eigenvalue weighted by Crippen LogP contribution is -2.24. The predicted octanol–water partition coefficient (Wildman–Crippen LogP) is 2.68. The molecule has 0 fully saturated rings. The number of nitrogens with zero attached hydrogens (tertiary/aromatic N) is 2. The molecule has 0 spiro atoms. The van der Waals surface area contributed by atoms with Gasteiger partial charge in [0.15, 0.2) is 5.69 Å². The van der Waals surface area contributed by atoms with Crippen LogP contribution in [0.1, 0.15) is 30.3 Å². The van der Waals surface area contributed by atoms with E-state index in [1.54, 1.807) is 16.0 Å². The van der Waals surface area contributed by atoms with Crippen molar-refractivity contribution in [1.29, 1.82) is 0 Å². The first-order chi connectivity index (χ1) is 8.72. The first-order valence-corrected chi connectivity index (χ1v) is 6.96. The van der Waals surface area contributed by atoms with Gasteiger partial charge in [-0.25, -0.2) is 0 Å². The van der Waals surface area contributed by atoms with Gasteiger partial charge in [0.2, 0.25) is 0 Å². The quantitative estimate of drug-likeness (QED) is 0.843. The first-order valence-electron chi connectivity index (χ1n) is 6.08. The lowest BCUT2D eigenvalue weighted by Gasteiger charge is -2.00. The van der Waals surface area contributed by atoms with Crippen LogP contribution >= 0.6 is 11.3 Å². The maximum absolute atomic E-state index is 11.9. The van der Waals surface area contributed by atoms with Crippen LogP contribution in [-0.2, 0) is 7.05 Å². The van der Waals surface area contributed by atoms with Crippen LogP contribution in [0.2, 0.25) is 0 Å². The molecule has 0 atom stereocenters. The van der Waals surface area contributed by atoms with Crippen molar-refractivity contribution in [2.75, 3.05) is 6.54 Å². The summed E-state index contributed by atoms with van der Waals surface area (Å²) < 4.78 is 1.75. The summed E-state index contributed by atoms with van der Waals surface area (Å²) in [7, 11) is 1.86. The minimum atomic E-state index is -0.0955. The molecule has 1 N–H and O–H groups in total. The summed E-state index contributed by atoms with van der Waals surface area (Å²) >= 11 is 1.64. The number of carbonyl (C=O) groups is 1. The number of aryl methyl sites for hydroxylation is 1. The van der Waals surface area contributed by atoms with Gasteiger partial charge in [0.1, 0.15) is 0 Å². The van der Waals surface area contributed by atoms with E-state index in [4.69, 9.17) is 0 Å². The second-order valence-corrected chi connectivity index (χ2v) is 5.07. The van der Waals surface area contributed by atoms with Crippen molar-refractivity contribution in [2.24, 2.45) is 7.05 Å². The van der Waals surface area contributed by atoms with E-state index in [2.05, 4.69) is 17.3 Å². The van der Waals surface area contributed by atoms with E-state index in [0.717, 1.165) is 23.4 Å². The standard InChI is InChI=1S/C13H17N3OS/c1-3-4-7-14-13(17)10-9-11(16(2)15-10)12-6-5-8-18-12/h5-6,8-9H,3-4,7H2,1-2H3,(H,14,17). The molecule has 2 rings (SSSR count). The minimum Gasteiger partial charge on any atom is -0.351 e. The van der Waals surface area contributed by atoms with Gasteiger partial charge >= 0.3 is 0 Å². The third-order valence-corrected chi connectivity index (χ3v) is 3.59. The fourth-order valence-electron chi connectivity index (χ4n) is 1.70. The molecule has 1 amide bonds. The molecule has 4 nitrogen and oxygen atoms in total. The zero-order chi connectivity index (χ0) is 13.0. The average molecular weight is 263 g/mol. The highest BCUT2D eigenvalue weighted by atomic mass is 32.1. The molecular weight excluding hydrogens is 246 g/mol. The summed E-state index contributed by atoms with van der Waals surface area (Å²) in [5, 5.41) is 9.15. The molecule has 0 radical (unpaired) electrons. The van der Waals surface area contributed by atoms with E-state index in [9.17, 15) is 4.79 Å². The van der Waals surface area contributed by atoms with Gasteiger partial charge in [-0.15, -0.1) is 11.3 Å². The largest absolute Gasteiger partial charge is 0.351 e. The van der Waals surface area contributed by atoms with E-state index in [1.807, 2.05) is 30.6 Å². The molecule has 0 aliphatic rings. The maximum Gasteiger partial charge on any atom is 0.271 e. The molecule has 5 heteroatoms. The van der Waals surface area contributed by atoms with Crippen molar-refractivity contribution in [3.8, 4) is 10.6 Å². The topological polar surface area (TPSA) is 46.9 Å². The smallest absolute Gasteiger partial charge is 0.271 e. The highest BCUT2D eigenvalue weighted by molar-refractivity contribution is 7.13. The van der Waals surface area contributed by atoms with Crippen LogP contribution in [0.4, 0.5) is 0 Å². The predicted molar refractivity (Wildman–Crippen MR) is 73.8 cm³/mol. The Balaban J connectivity index is 2.11. The Kier molecular flexibility index (Phi) is 4.15. The molecule has 0 aromatic carbocycles. The van der Waals surface area contributed by atoms with Crippen LogP contribution in [0.25, 0.3) is 10.6 Å². The Hall–Kier alpha value is -1.62. The van der Waals surface area contributed by atoms with Gasteiger partial charge in [-0.2, -0.15) is 5.10 Å².